The molecule has 1 aromatic heterocycles. The summed E-state index contributed by atoms with van der Waals surface area (Å²) in [5.41, 5.74) is 0.915. The molecule has 29 heavy (non-hydrogen) atoms. The maximum absolute atomic E-state index is 12.4. The first-order valence-corrected chi connectivity index (χ1v) is 11.3. The second kappa shape index (κ2) is 10.4. The van der Waals surface area contributed by atoms with E-state index < -0.39 is 10.0 Å². The maximum atomic E-state index is 12.4. The van der Waals surface area contributed by atoms with Gasteiger partial charge in [0, 0.05) is 19.7 Å². The number of guanidine groups is 1. The van der Waals surface area contributed by atoms with Crippen molar-refractivity contribution in [3.05, 3.63) is 54.0 Å². The largest absolute Gasteiger partial charge is 0.467 e. The minimum atomic E-state index is -3.54. The third-order valence-corrected chi connectivity index (χ3v) is 5.97. The predicted molar refractivity (Wildman–Crippen MR) is 111 cm³/mol. The van der Waals surface area contributed by atoms with E-state index in [1.54, 1.807) is 30.5 Å². The molecule has 0 spiro atoms. The highest BCUT2D eigenvalue weighted by atomic mass is 32.2. The van der Waals surface area contributed by atoms with Crippen LogP contribution in [0.3, 0.4) is 0 Å². The monoisotopic (exact) mass is 420 g/mol. The number of nitrogens with zero attached hydrogens (tertiary/aromatic N) is 1. The standard InChI is InChI=1S/C20H28N4O4S/c1-2-21-20(23-14-17-5-3-11-27-17)22-13-16-7-9-19(10-8-16)29(25,26)24-15-18-6-4-12-28-18/h3,5,7-11,18,24H,2,4,6,12-15H2,1H3,(H2,21,22,23). The number of furan rings is 1. The van der Waals surface area contributed by atoms with Crippen LogP contribution in [0.5, 0.6) is 0 Å². The number of nitrogens with one attached hydrogen (secondary N) is 3. The van der Waals surface area contributed by atoms with Gasteiger partial charge in [-0.05, 0) is 49.6 Å². The Morgan fingerprint density at radius 2 is 2.03 bits per heavy atom. The zero-order chi connectivity index (χ0) is 20.5. The van der Waals surface area contributed by atoms with Crippen molar-refractivity contribution in [2.75, 3.05) is 19.7 Å². The summed E-state index contributed by atoms with van der Waals surface area (Å²) in [4.78, 5) is 4.78. The summed E-state index contributed by atoms with van der Waals surface area (Å²) in [6.45, 7) is 4.70. The van der Waals surface area contributed by atoms with Gasteiger partial charge in [0.2, 0.25) is 10.0 Å². The molecule has 0 amide bonds. The number of sulfonamides is 1. The zero-order valence-electron chi connectivity index (χ0n) is 16.6. The second-order valence-corrected chi connectivity index (χ2v) is 8.53. The number of hydrogen-bond acceptors (Lipinski definition) is 5. The lowest BCUT2D eigenvalue weighted by molar-refractivity contribution is 0.114. The molecule has 0 aliphatic carbocycles. The van der Waals surface area contributed by atoms with E-state index in [4.69, 9.17) is 9.15 Å². The van der Waals surface area contributed by atoms with Crippen molar-refractivity contribution in [3.8, 4) is 0 Å². The summed E-state index contributed by atoms with van der Waals surface area (Å²) in [5, 5.41) is 6.37. The van der Waals surface area contributed by atoms with Gasteiger partial charge in [-0.15, -0.1) is 0 Å². The molecular formula is C20H28N4O4S. The molecule has 1 fully saturated rings. The highest BCUT2D eigenvalue weighted by Crippen LogP contribution is 2.14. The molecule has 8 nitrogen and oxygen atoms in total. The summed E-state index contributed by atoms with van der Waals surface area (Å²) >= 11 is 0. The van der Waals surface area contributed by atoms with Crippen LogP contribution in [0, 0.1) is 0 Å². The van der Waals surface area contributed by atoms with E-state index in [1.807, 2.05) is 19.1 Å². The van der Waals surface area contributed by atoms with Gasteiger partial charge in [-0.1, -0.05) is 12.1 Å². The van der Waals surface area contributed by atoms with Gasteiger partial charge in [-0.25, -0.2) is 18.1 Å². The van der Waals surface area contributed by atoms with Crippen molar-refractivity contribution >= 4 is 16.0 Å². The van der Waals surface area contributed by atoms with Gasteiger partial charge in [-0.2, -0.15) is 0 Å². The molecule has 158 valence electrons. The Labute approximate surface area is 171 Å². The maximum Gasteiger partial charge on any atom is 0.240 e. The van der Waals surface area contributed by atoms with Gasteiger partial charge in [-0.3, -0.25) is 0 Å². The summed E-state index contributed by atoms with van der Waals surface area (Å²) in [5.74, 6) is 1.49. The fraction of sp³-hybridized carbons (Fsp3) is 0.450. The highest BCUT2D eigenvalue weighted by Gasteiger charge is 2.20. The molecule has 0 saturated carbocycles. The van der Waals surface area contributed by atoms with Gasteiger partial charge < -0.3 is 19.8 Å². The predicted octanol–water partition coefficient (Wildman–Crippen LogP) is 1.99. The van der Waals surface area contributed by atoms with Gasteiger partial charge in [0.05, 0.1) is 30.4 Å². The Balaban J connectivity index is 1.55. The molecule has 2 heterocycles. The number of hydrogen-bond donors (Lipinski definition) is 3. The summed E-state index contributed by atoms with van der Waals surface area (Å²) < 4.78 is 38.2. The van der Waals surface area contributed by atoms with Gasteiger partial charge in [0.1, 0.15) is 5.76 Å². The van der Waals surface area contributed by atoms with E-state index in [-0.39, 0.29) is 11.0 Å². The van der Waals surface area contributed by atoms with Crippen molar-refractivity contribution in [3.63, 3.8) is 0 Å². The molecule has 1 aromatic carbocycles. The van der Waals surface area contributed by atoms with Crippen molar-refractivity contribution in [2.24, 2.45) is 4.99 Å². The number of rotatable bonds is 9. The Hall–Kier alpha value is -2.36. The lowest BCUT2D eigenvalue weighted by Crippen LogP contribution is -2.36. The van der Waals surface area contributed by atoms with E-state index in [1.165, 1.54) is 0 Å². The average molecular weight is 421 g/mol. The average Bonchev–Trinajstić information content (AvgIpc) is 3.43. The molecular weight excluding hydrogens is 392 g/mol. The normalized spacial score (nSPS) is 17.4. The highest BCUT2D eigenvalue weighted by molar-refractivity contribution is 7.89. The minimum absolute atomic E-state index is 0.0310. The van der Waals surface area contributed by atoms with Crippen LogP contribution in [0.2, 0.25) is 0 Å². The van der Waals surface area contributed by atoms with Crippen molar-refractivity contribution in [1.29, 1.82) is 0 Å². The van der Waals surface area contributed by atoms with E-state index in [0.29, 0.717) is 32.2 Å². The van der Waals surface area contributed by atoms with Gasteiger partial charge in [0.25, 0.3) is 0 Å². The number of aliphatic imine (C=N–C) groups is 1. The Morgan fingerprint density at radius 1 is 1.21 bits per heavy atom. The van der Waals surface area contributed by atoms with E-state index in [0.717, 1.165) is 30.7 Å². The lowest BCUT2D eigenvalue weighted by Gasteiger charge is -2.12. The van der Waals surface area contributed by atoms with Crippen LogP contribution in [-0.4, -0.2) is 40.2 Å². The molecule has 0 bridgehead atoms. The fourth-order valence-electron chi connectivity index (χ4n) is 2.96. The Bertz CT molecular complexity index is 874. The van der Waals surface area contributed by atoms with Crippen molar-refractivity contribution < 1.29 is 17.6 Å². The first-order chi connectivity index (χ1) is 14.1. The lowest BCUT2D eigenvalue weighted by atomic mass is 10.2. The molecule has 1 unspecified atom stereocenters. The van der Waals surface area contributed by atoms with Crippen molar-refractivity contribution in [2.45, 2.75) is 43.9 Å². The van der Waals surface area contributed by atoms with Crippen LogP contribution in [0.15, 0.2) is 57.0 Å². The van der Waals surface area contributed by atoms with Gasteiger partial charge >= 0.3 is 0 Å². The molecule has 1 aliphatic rings. The molecule has 9 heteroatoms. The first kappa shape index (κ1) is 21.4. The molecule has 1 aliphatic heterocycles. The SMILES string of the molecule is CCNC(=NCc1ccc(S(=O)(=O)NCC2CCCO2)cc1)NCc1ccco1. The molecule has 2 aromatic rings. The van der Waals surface area contributed by atoms with Crippen LogP contribution in [0.25, 0.3) is 0 Å². The smallest absolute Gasteiger partial charge is 0.240 e. The molecule has 1 saturated heterocycles. The topological polar surface area (TPSA) is 105 Å². The van der Waals surface area contributed by atoms with Crippen LogP contribution >= 0.6 is 0 Å². The third-order valence-electron chi connectivity index (χ3n) is 4.53. The van der Waals surface area contributed by atoms with Crippen LogP contribution in [0.4, 0.5) is 0 Å². The fourth-order valence-corrected chi connectivity index (χ4v) is 4.03. The number of benzene rings is 1. The van der Waals surface area contributed by atoms with E-state index in [9.17, 15) is 8.42 Å². The van der Waals surface area contributed by atoms with E-state index in [2.05, 4.69) is 20.3 Å². The van der Waals surface area contributed by atoms with Crippen molar-refractivity contribution in [1.82, 2.24) is 15.4 Å². The minimum Gasteiger partial charge on any atom is -0.467 e. The first-order valence-electron chi connectivity index (χ1n) is 9.81. The van der Waals surface area contributed by atoms with Crippen LogP contribution < -0.4 is 15.4 Å². The third kappa shape index (κ3) is 6.59. The summed E-state index contributed by atoms with van der Waals surface area (Å²) in [6.07, 6.45) is 3.47. The Morgan fingerprint density at radius 3 is 2.69 bits per heavy atom. The number of ether oxygens (including phenoxy) is 1. The quantitative estimate of drug-likeness (QED) is 0.423. The molecule has 3 rings (SSSR count). The zero-order valence-corrected chi connectivity index (χ0v) is 17.4. The van der Waals surface area contributed by atoms with Crippen LogP contribution in [-0.2, 0) is 27.8 Å². The van der Waals surface area contributed by atoms with E-state index >= 15 is 0 Å². The van der Waals surface area contributed by atoms with Crippen LogP contribution in [0.1, 0.15) is 31.1 Å². The molecule has 1 atom stereocenters. The second-order valence-electron chi connectivity index (χ2n) is 6.76. The summed E-state index contributed by atoms with van der Waals surface area (Å²) in [7, 11) is -3.54. The summed E-state index contributed by atoms with van der Waals surface area (Å²) in [6, 6.07) is 10.5. The molecule has 0 radical (unpaired) electrons. The molecule has 3 N–H and O–H groups in total. The Kier molecular flexibility index (Phi) is 7.68. The van der Waals surface area contributed by atoms with Gasteiger partial charge in [0.15, 0.2) is 5.96 Å².